The van der Waals surface area contributed by atoms with E-state index in [1.807, 2.05) is 30.3 Å². The first-order valence-corrected chi connectivity index (χ1v) is 5.31. The number of aromatic amines is 1. The van der Waals surface area contributed by atoms with Crippen molar-refractivity contribution in [2.45, 2.75) is 0 Å². The number of H-pyrrole nitrogens is 1. The molecular weight excluding hydrogens is 198 g/mol. The van der Waals surface area contributed by atoms with Crippen molar-refractivity contribution in [3.63, 3.8) is 0 Å². The van der Waals surface area contributed by atoms with Crippen LogP contribution in [0.3, 0.4) is 0 Å². The fraction of sp³-hybridized carbons (Fsp3) is 0. The SMILES string of the molecule is c1ccc2c(c1)[nH]c1c3ccccc3oc21. The molecule has 2 heteroatoms. The molecule has 4 aromatic rings. The summed E-state index contributed by atoms with van der Waals surface area (Å²) >= 11 is 0. The molecule has 0 saturated heterocycles. The van der Waals surface area contributed by atoms with Gasteiger partial charge in [0.15, 0.2) is 5.58 Å². The zero-order valence-corrected chi connectivity index (χ0v) is 8.53. The molecule has 0 fully saturated rings. The van der Waals surface area contributed by atoms with E-state index in [-0.39, 0.29) is 0 Å². The van der Waals surface area contributed by atoms with Gasteiger partial charge >= 0.3 is 0 Å². The summed E-state index contributed by atoms with van der Waals surface area (Å²) in [5, 5.41) is 2.29. The minimum atomic E-state index is 0.939. The molecule has 0 radical (unpaired) electrons. The molecule has 1 N–H and O–H groups in total. The van der Waals surface area contributed by atoms with E-state index in [9.17, 15) is 0 Å². The molecule has 76 valence electrons. The maximum atomic E-state index is 5.87. The van der Waals surface area contributed by atoms with E-state index in [2.05, 4.69) is 23.2 Å². The normalized spacial score (nSPS) is 11.8. The van der Waals surface area contributed by atoms with Crippen molar-refractivity contribution in [3.05, 3.63) is 48.5 Å². The van der Waals surface area contributed by atoms with Gasteiger partial charge in [0.1, 0.15) is 5.58 Å². The van der Waals surface area contributed by atoms with Gasteiger partial charge in [0, 0.05) is 16.3 Å². The minimum absolute atomic E-state index is 0.939. The van der Waals surface area contributed by atoms with Gasteiger partial charge in [-0.25, -0.2) is 0 Å². The van der Waals surface area contributed by atoms with Crippen LogP contribution in [-0.2, 0) is 0 Å². The second-order valence-corrected chi connectivity index (χ2v) is 3.97. The van der Waals surface area contributed by atoms with Crippen molar-refractivity contribution >= 4 is 33.0 Å². The van der Waals surface area contributed by atoms with E-state index in [4.69, 9.17) is 4.42 Å². The third-order valence-corrected chi connectivity index (χ3v) is 3.03. The average Bonchev–Trinajstić information content (AvgIpc) is 2.85. The molecule has 16 heavy (non-hydrogen) atoms. The smallest absolute Gasteiger partial charge is 0.160 e. The molecule has 2 heterocycles. The highest BCUT2D eigenvalue weighted by Crippen LogP contribution is 2.33. The van der Waals surface area contributed by atoms with Gasteiger partial charge in [0.2, 0.25) is 0 Å². The molecule has 0 aliphatic heterocycles. The summed E-state index contributed by atoms with van der Waals surface area (Å²) in [6.07, 6.45) is 0. The van der Waals surface area contributed by atoms with Gasteiger partial charge in [-0.1, -0.05) is 24.3 Å². The number of para-hydroxylation sites is 2. The summed E-state index contributed by atoms with van der Waals surface area (Å²) in [6.45, 7) is 0. The highest BCUT2D eigenvalue weighted by Gasteiger charge is 2.11. The zero-order chi connectivity index (χ0) is 10.5. The highest BCUT2D eigenvalue weighted by molar-refractivity contribution is 6.14. The Morgan fingerprint density at radius 2 is 1.56 bits per heavy atom. The standard InChI is InChI=1S/C14H9NO/c1-3-7-11-9(5-1)14-13(15-11)10-6-2-4-8-12(10)16-14/h1-8,15H. The maximum absolute atomic E-state index is 5.87. The van der Waals surface area contributed by atoms with Crippen LogP contribution < -0.4 is 0 Å². The van der Waals surface area contributed by atoms with Crippen LogP contribution in [0.1, 0.15) is 0 Å². The maximum Gasteiger partial charge on any atom is 0.160 e. The molecule has 0 bridgehead atoms. The number of benzene rings is 2. The van der Waals surface area contributed by atoms with Crippen LogP contribution in [0.4, 0.5) is 0 Å². The van der Waals surface area contributed by atoms with Gasteiger partial charge in [-0.05, 0) is 24.3 Å². The van der Waals surface area contributed by atoms with Crippen LogP contribution in [0.25, 0.3) is 33.0 Å². The quantitative estimate of drug-likeness (QED) is 0.462. The van der Waals surface area contributed by atoms with Crippen molar-refractivity contribution in [1.29, 1.82) is 0 Å². The Bertz CT molecular complexity index is 737. The third kappa shape index (κ3) is 0.865. The number of furan rings is 1. The Morgan fingerprint density at radius 1 is 0.812 bits per heavy atom. The first-order valence-electron chi connectivity index (χ1n) is 5.31. The first-order chi connectivity index (χ1) is 7.93. The molecule has 0 atom stereocenters. The second kappa shape index (κ2) is 2.67. The van der Waals surface area contributed by atoms with Crippen LogP contribution >= 0.6 is 0 Å². The lowest BCUT2D eigenvalue weighted by atomic mass is 10.2. The Hall–Kier alpha value is -2.22. The molecule has 0 amide bonds. The lowest BCUT2D eigenvalue weighted by Gasteiger charge is -1.88. The molecule has 0 aliphatic rings. The first kappa shape index (κ1) is 7.99. The highest BCUT2D eigenvalue weighted by atomic mass is 16.3. The van der Waals surface area contributed by atoms with Gasteiger partial charge in [-0.3, -0.25) is 0 Å². The summed E-state index contributed by atoms with van der Waals surface area (Å²) in [4.78, 5) is 3.41. The van der Waals surface area contributed by atoms with Crippen LogP contribution in [-0.4, -0.2) is 4.98 Å². The van der Waals surface area contributed by atoms with E-state index in [0.717, 1.165) is 33.0 Å². The number of nitrogens with one attached hydrogen (secondary N) is 1. The van der Waals surface area contributed by atoms with E-state index in [0.29, 0.717) is 0 Å². The van der Waals surface area contributed by atoms with Gasteiger partial charge in [0.05, 0.1) is 5.52 Å². The van der Waals surface area contributed by atoms with Crippen molar-refractivity contribution in [2.24, 2.45) is 0 Å². The van der Waals surface area contributed by atoms with Gasteiger partial charge in [0.25, 0.3) is 0 Å². The average molecular weight is 207 g/mol. The van der Waals surface area contributed by atoms with Gasteiger partial charge in [-0.2, -0.15) is 0 Å². The molecular formula is C14H9NO. The van der Waals surface area contributed by atoms with E-state index in [1.165, 1.54) is 0 Å². The molecule has 2 aromatic heterocycles. The second-order valence-electron chi connectivity index (χ2n) is 3.97. The Labute approximate surface area is 91.5 Å². The zero-order valence-electron chi connectivity index (χ0n) is 8.53. The number of hydrogen-bond acceptors (Lipinski definition) is 1. The number of hydrogen-bond donors (Lipinski definition) is 1. The van der Waals surface area contributed by atoms with Crippen LogP contribution in [0.15, 0.2) is 52.9 Å². The molecule has 2 aromatic carbocycles. The van der Waals surface area contributed by atoms with Crippen molar-refractivity contribution < 1.29 is 4.42 Å². The summed E-state index contributed by atoms with van der Waals surface area (Å²) in [6, 6.07) is 16.3. The monoisotopic (exact) mass is 207 g/mol. The van der Waals surface area contributed by atoms with E-state index in [1.54, 1.807) is 0 Å². The fourth-order valence-electron chi connectivity index (χ4n) is 2.28. The Balaban J connectivity index is 2.35. The fourth-order valence-corrected chi connectivity index (χ4v) is 2.28. The van der Waals surface area contributed by atoms with Crippen molar-refractivity contribution in [2.75, 3.05) is 0 Å². The molecule has 0 saturated carbocycles. The lowest BCUT2D eigenvalue weighted by molar-refractivity contribution is 0.673. The predicted molar refractivity (Wildman–Crippen MR) is 65.6 cm³/mol. The lowest BCUT2D eigenvalue weighted by Crippen LogP contribution is -1.67. The minimum Gasteiger partial charge on any atom is -0.454 e. The largest absolute Gasteiger partial charge is 0.454 e. The predicted octanol–water partition coefficient (Wildman–Crippen LogP) is 4.07. The molecule has 4 rings (SSSR count). The number of rotatable bonds is 0. The van der Waals surface area contributed by atoms with Crippen molar-refractivity contribution in [1.82, 2.24) is 4.98 Å². The molecule has 2 nitrogen and oxygen atoms in total. The molecule has 0 aliphatic carbocycles. The summed E-state index contributed by atoms with van der Waals surface area (Å²) in [5.74, 6) is 0. The summed E-state index contributed by atoms with van der Waals surface area (Å²) in [7, 11) is 0. The molecule has 0 unspecified atom stereocenters. The van der Waals surface area contributed by atoms with Crippen LogP contribution in [0.5, 0.6) is 0 Å². The van der Waals surface area contributed by atoms with E-state index < -0.39 is 0 Å². The Kier molecular flexibility index (Phi) is 1.33. The van der Waals surface area contributed by atoms with E-state index >= 15 is 0 Å². The third-order valence-electron chi connectivity index (χ3n) is 3.03. The number of fused-ring (bicyclic) bond motifs is 5. The van der Waals surface area contributed by atoms with Gasteiger partial charge in [-0.15, -0.1) is 0 Å². The summed E-state index contributed by atoms with van der Waals surface area (Å²) < 4.78 is 5.87. The topological polar surface area (TPSA) is 28.9 Å². The van der Waals surface area contributed by atoms with Crippen LogP contribution in [0, 0.1) is 0 Å². The summed E-state index contributed by atoms with van der Waals surface area (Å²) in [5.41, 5.74) is 4.12. The number of aromatic nitrogens is 1. The van der Waals surface area contributed by atoms with Gasteiger partial charge < -0.3 is 9.40 Å². The van der Waals surface area contributed by atoms with Crippen LogP contribution in [0.2, 0.25) is 0 Å². The Morgan fingerprint density at radius 3 is 2.50 bits per heavy atom. The molecule has 0 spiro atoms. The van der Waals surface area contributed by atoms with Crippen molar-refractivity contribution in [3.8, 4) is 0 Å².